The van der Waals surface area contributed by atoms with Gasteiger partial charge in [0.1, 0.15) is 6.61 Å². The van der Waals surface area contributed by atoms with Crippen LogP contribution in [-0.2, 0) is 4.74 Å². The summed E-state index contributed by atoms with van der Waals surface area (Å²) in [6, 6.07) is 16.0. The average Bonchev–Trinajstić information content (AvgIpc) is 2.46. The van der Waals surface area contributed by atoms with Gasteiger partial charge in [-0.25, -0.2) is 4.79 Å². The van der Waals surface area contributed by atoms with Crippen LogP contribution in [-0.4, -0.2) is 12.6 Å². The molecule has 4 nitrogen and oxygen atoms in total. The number of benzene rings is 2. The van der Waals surface area contributed by atoms with E-state index in [1.165, 1.54) is 0 Å². The first kappa shape index (κ1) is 13.1. The second kappa shape index (κ2) is 6.02. The molecule has 0 amide bonds. The number of nitrogen functional groups attached to an aromatic ring is 1. The standard InChI is InChI=1S/C15H16N2O2/c16-13-9-5-4-8-12(13)15(18)19-10-14(17)11-6-2-1-3-7-11/h1-9,14H,10,16-17H2/t14-/m1/s1. The maximum Gasteiger partial charge on any atom is 0.340 e. The van der Waals surface area contributed by atoms with Gasteiger partial charge in [-0.2, -0.15) is 0 Å². The largest absolute Gasteiger partial charge is 0.460 e. The van der Waals surface area contributed by atoms with E-state index in [-0.39, 0.29) is 12.6 Å². The molecule has 4 heteroatoms. The van der Waals surface area contributed by atoms with E-state index < -0.39 is 5.97 Å². The monoisotopic (exact) mass is 256 g/mol. The summed E-state index contributed by atoms with van der Waals surface area (Å²) in [4.78, 5) is 11.8. The van der Waals surface area contributed by atoms with E-state index in [1.54, 1.807) is 24.3 Å². The lowest BCUT2D eigenvalue weighted by Gasteiger charge is -2.13. The highest BCUT2D eigenvalue weighted by atomic mass is 16.5. The van der Waals surface area contributed by atoms with Crippen molar-refractivity contribution in [3.05, 3.63) is 65.7 Å². The summed E-state index contributed by atoms with van der Waals surface area (Å²) in [5.41, 5.74) is 13.4. The Kier molecular flexibility index (Phi) is 4.15. The highest BCUT2D eigenvalue weighted by molar-refractivity contribution is 5.94. The summed E-state index contributed by atoms with van der Waals surface area (Å²) in [5, 5.41) is 0. The Hall–Kier alpha value is -2.33. The van der Waals surface area contributed by atoms with Crippen molar-refractivity contribution >= 4 is 11.7 Å². The van der Waals surface area contributed by atoms with Gasteiger partial charge < -0.3 is 16.2 Å². The Morgan fingerprint density at radius 1 is 1.05 bits per heavy atom. The van der Waals surface area contributed by atoms with Crippen LogP contribution in [0.5, 0.6) is 0 Å². The summed E-state index contributed by atoms with van der Waals surface area (Å²) in [6.45, 7) is 0.122. The van der Waals surface area contributed by atoms with Gasteiger partial charge in [-0.3, -0.25) is 0 Å². The number of hydrogen-bond acceptors (Lipinski definition) is 4. The van der Waals surface area contributed by atoms with Crippen molar-refractivity contribution in [2.45, 2.75) is 6.04 Å². The van der Waals surface area contributed by atoms with Crippen molar-refractivity contribution in [2.75, 3.05) is 12.3 Å². The van der Waals surface area contributed by atoms with Gasteiger partial charge in [0.15, 0.2) is 0 Å². The number of nitrogens with two attached hydrogens (primary N) is 2. The molecule has 2 aromatic carbocycles. The molecule has 0 aliphatic carbocycles. The van der Waals surface area contributed by atoms with E-state index in [1.807, 2.05) is 30.3 Å². The summed E-state index contributed by atoms with van der Waals surface area (Å²) >= 11 is 0. The maximum absolute atomic E-state index is 11.8. The zero-order valence-electron chi connectivity index (χ0n) is 10.5. The van der Waals surface area contributed by atoms with Crippen LogP contribution in [0.3, 0.4) is 0 Å². The van der Waals surface area contributed by atoms with Crippen LogP contribution in [0.2, 0.25) is 0 Å². The Balaban J connectivity index is 1.96. The van der Waals surface area contributed by atoms with Crippen LogP contribution in [0.1, 0.15) is 22.0 Å². The first-order chi connectivity index (χ1) is 9.18. The van der Waals surface area contributed by atoms with E-state index in [0.29, 0.717) is 11.3 Å². The fourth-order valence-electron chi connectivity index (χ4n) is 1.72. The van der Waals surface area contributed by atoms with Crippen molar-refractivity contribution in [3.8, 4) is 0 Å². The topological polar surface area (TPSA) is 78.3 Å². The Morgan fingerprint density at radius 2 is 1.68 bits per heavy atom. The minimum atomic E-state index is -0.454. The molecule has 2 aromatic rings. The zero-order chi connectivity index (χ0) is 13.7. The molecule has 0 spiro atoms. The molecule has 2 rings (SSSR count). The Labute approximate surface area is 112 Å². The second-order valence-electron chi connectivity index (χ2n) is 4.20. The number of para-hydroxylation sites is 1. The molecule has 0 aliphatic heterocycles. The smallest absolute Gasteiger partial charge is 0.340 e. The molecule has 0 unspecified atom stereocenters. The van der Waals surface area contributed by atoms with Gasteiger partial charge in [-0.1, -0.05) is 42.5 Å². The molecule has 19 heavy (non-hydrogen) atoms. The van der Waals surface area contributed by atoms with Crippen molar-refractivity contribution in [2.24, 2.45) is 5.73 Å². The lowest BCUT2D eigenvalue weighted by Crippen LogP contribution is -2.20. The van der Waals surface area contributed by atoms with Gasteiger partial charge in [0.25, 0.3) is 0 Å². The third-order valence-electron chi connectivity index (χ3n) is 2.80. The molecular formula is C15H16N2O2. The van der Waals surface area contributed by atoms with Gasteiger partial charge in [0.2, 0.25) is 0 Å². The second-order valence-corrected chi connectivity index (χ2v) is 4.20. The minimum absolute atomic E-state index is 0.122. The quantitative estimate of drug-likeness (QED) is 0.648. The van der Waals surface area contributed by atoms with Crippen molar-refractivity contribution in [1.82, 2.24) is 0 Å². The summed E-state index contributed by atoms with van der Waals surface area (Å²) in [6.07, 6.45) is 0. The molecule has 0 aliphatic rings. The number of carbonyl (C=O) groups excluding carboxylic acids is 1. The summed E-state index contributed by atoms with van der Waals surface area (Å²) < 4.78 is 5.18. The average molecular weight is 256 g/mol. The van der Waals surface area contributed by atoms with Crippen molar-refractivity contribution in [3.63, 3.8) is 0 Å². The minimum Gasteiger partial charge on any atom is -0.460 e. The number of carbonyl (C=O) groups is 1. The van der Waals surface area contributed by atoms with Gasteiger partial charge in [-0.05, 0) is 17.7 Å². The molecule has 0 radical (unpaired) electrons. The first-order valence-corrected chi connectivity index (χ1v) is 6.00. The third kappa shape index (κ3) is 3.33. The highest BCUT2D eigenvalue weighted by Gasteiger charge is 2.13. The predicted octanol–water partition coefficient (Wildman–Crippen LogP) is 2.13. The molecule has 0 saturated heterocycles. The van der Waals surface area contributed by atoms with E-state index in [0.717, 1.165) is 5.56 Å². The molecule has 4 N–H and O–H groups in total. The van der Waals surface area contributed by atoms with Crippen LogP contribution in [0.4, 0.5) is 5.69 Å². The molecule has 98 valence electrons. The van der Waals surface area contributed by atoms with E-state index in [9.17, 15) is 4.79 Å². The molecule has 1 atom stereocenters. The van der Waals surface area contributed by atoms with Crippen LogP contribution in [0, 0.1) is 0 Å². The third-order valence-corrected chi connectivity index (χ3v) is 2.80. The lowest BCUT2D eigenvalue weighted by atomic mass is 10.1. The van der Waals surface area contributed by atoms with Crippen LogP contribution < -0.4 is 11.5 Å². The number of ether oxygens (including phenoxy) is 1. The number of rotatable bonds is 4. The van der Waals surface area contributed by atoms with Crippen molar-refractivity contribution < 1.29 is 9.53 Å². The highest BCUT2D eigenvalue weighted by Crippen LogP contribution is 2.14. The fraction of sp³-hybridized carbons (Fsp3) is 0.133. The summed E-state index contributed by atoms with van der Waals surface area (Å²) in [5.74, 6) is -0.454. The van der Waals surface area contributed by atoms with E-state index in [2.05, 4.69) is 0 Å². The number of anilines is 1. The Morgan fingerprint density at radius 3 is 2.37 bits per heavy atom. The van der Waals surface area contributed by atoms with Crippen molar-refractivity contribution in [1.29, 1.82) is 0 Å². The van der Waals surface area contributed by atoms with Crippen LogP contribution >= 0.6 is 0 Å². The van der Waals surface area contributed by atoms with E-state index in [4.69, 9.17) is 16.2 Å². The predicted molar refractivity (Wildman–Crippen MR) is 74.5 cm³/mol. The first-order valence-electron chi connectivity index (χ1n) is 6.00. The zero-order valence-corrected chi connectivity index (χ0v) is 10.5. The van der Waals surface area contributed by atoms with Gasteiger partial charge >= 0.3 is 5.97 Å². The summed E-state index contributed by atoms with van der Waals surface area (Å²) in [7, 11) is 0. The van der Waals surface area contributed by atoms with Crippen LogP contribution in [0.25, 0.3) is 0 Å². The van der Waals surface area contributed by atoms with Gasteiger partial charge in [0, 0.05) is 5.69 Å². The lowest BCUT2D eigenvalue weighted by molar-refractivity contribution is 0.0482. The molecule has 0 bridgehead atoms. The fourth-order valence-corrected chi connectivity index (χ4v) is 1.72. The maximum atomic E-state index is 11.8. The van der Waals surface area contributed by atoms with E-state index >= 15 is 0 Å². The molecule has 0 heterocycles. The molecule has 0 fully saturated rings. The van der Waals surface area contributed by atoms with Crippen LogP contribution in [0.15, 0.2) is 54.6 Å². The molecule has 0 aromatic heterocycles. The van der Waals surface area contributed by atoms with Gasteiger partial charge in [-0.15, -0.1) is 0 Å². The SMILES string of the molecule is Nc1ccccc1C(=O)OC[C@@H](N)c1ccccc1. The van der Waals surface area contributed by atoms with Gasteiger partial charge in [0.05, 0.1) is 11.6 Å². The number of hydrogen-bond donors (Lipinski definition) is 2. The molecule has 0 saturated carbocycles. The number of esters is 1. The Bertz CT molecular complexity index is 555. The molecular weight excluding hydrogens is 240 g/mol. The normalized spacial score (nSPS) is 11.8.